The maximum Gasteiger partial charge on any atom is 0.319 e. The summed E-state index contributed by atoms with van der Waals surface area (Å²) in [7, 11) is 0. The number of nitrogens with one attached hydrogen (secondary N) is 1. The van der Waals surface area contributed by atoms with Crippen molar-refractivity contribution in [1.29, 1.82) is 0 Å². The lowest BCUT2D eigenvalue weighted by Gasteiger charge is -2.13. The Morgan fingerprint density at radius 2 is 2.20 bits per heavy atom. The van der Waals surface area contributed by atoms with E-state index in [1.165, 1.54) is 11.8 Å². The average molecular weight is 301 g/mol. The van der Waals surface area contributed by atoms with E-state index in [0.717, 1.165) is 6.54 Å². The average Bonchev–Trinajstić information content (AvgIpc) is 2.83. The van der Waals surface area contributed by atoms with Crippen LogP contribution in [0.1, 0.15) is 34.1 Å². The van der Waals surface area contributed by atoms with Crippen LogP contribution in [0.25, 0.3) is 0 Å². The van der Waals surface area contributed by atoms with Crippen LogP contribution in [0, 0.1) is 0 Å². The van der Waals surface area contributed by atoms with E-state index in [-0.39, 0.29) is 11.2 Å². The second kappa shape index (κ2) is 8.91. The second-order valence-corrected chi connectivity index (χ2v) is 5.73. The van der Waals surface area contributed by atoms with Crippen LogP contribution in [0.15, 0.2) is 5.16 Å². The minimum absolute atomic E-state index is 0.213. The molecule has 0 spiro atoms. The fourth-order valence-corrected chi connectivity index (χ4v) is 2.46. The highest BCUT2D eigenvalue weighted by Crippen LogP contribution is 2.23. The number of hydrogen-bond donors (Lipinski definition) is 1. The second-order valence-electron chi connectivity index (χ2n) is 4.56. The van der Waals surface area contributed by atoms with Crippen molar-refractivity contribution in [3.8, 4) is 0 Å². The number of hydrogen-bond acceptors (Lipinski definition) is 7. The zero-order valence-electron chi connectivity index (χ0n) is 12.5. The van der Waals surface area contributed by atoms with Gasteiger partial charge in [-0.05, 0) is 23.8 Å². The first-order valence-corrected chi connectivity index (χ1v) is 7.79. The summed E-state index contributed by atoms with van der Waals surface area (Å²) in [6.45, 7) is 9.77. The highest BCUT2D eigenvalue weighted by atomic mass is 32.2. The number of thioether (sulfide) groups is 1. The summed E-state index contributed by atoms with van der Waals surface area (Å²) < 4.78 is 6.76. The molecule has 0 aliphatic rings. The molecule has 1 aromatic heterocycles. The molecule has 0 fully saturated rings. The molecule has 0 aliphatic heterocycles. The molecule has 7 nitrogen and oxygen atoms in total. The van der Waals surface area contributed by atoms with E-state index in [0.29, 0.717) is 30.8 Å². The van der Waals surface area contributed by atoms with Gasteiger partial charge in [-0.1, -0.05) is 32.5 Å². The van der Waals surface area contributed by atoms with E-state index < -0.39 is 0 Å². The number of carbonyl (C=O) groups is 1. The molecule has 1 N–H and O–H groups in total. The molecule has 1 unspecified atom stereocenters. The van der Waals surface area contributed by atoms with Crippen LogP contribution in [0.4, 0.5) is 0 Å². The van der Waals surface area contributed by atoms with Gasteiger partial charge in [-0.3, -0.25) is 4.79 Å². The summed E-state index contributed by atoms with van der Waals surface area (Å²) in [5.74, 6) is -0.213. The third-order valence-corrected chi connectivity index (χ3v) is 3.86. The van der Waals surface area contributed by atoms with Crippen LogP contribution in [-0.2, 0) is 16.1 Å². The van der Waals surface area contributed by atoms with Gasteiger partial charge in [0.2, 0.25) is 5.16 Å². The Balaban J connectivity index is 2.58. The quantitative estimate of drug-likeness (QED) is 0.540. The Morgan fingerprint density at radius 1 is 1.45 bits per heavy atom. The Bertz CT molecular complexity index is 410. The summed E-state index contributed by atoms with van der Waals surface area (Å²) in [5, 5.41) is 15.3. The fourth-order valence-electron chi connectivity index (χ4n) is 1.54. The van der Waals surface area contributed by atoms with E-state index in [4.69, 9.17) is 4.74 Å². The molecule has 0 aromatic carbocycles. The van der Waals surface area contributed by atoms with Gasteiger partial charge >= 0.3 is 5.97 Å². The molecule has 0 bridgehead atoms. The van der Waals surface area contributed by atoms with E-state index in [2.05, 4.69) is 34.7 Å². The molecule has 0 saturated carbocycles. The molecule has 1 rings (SSSR count). The molecule has 0 aliphatic carbocycles. The predicted molar refractivity (Wildman–Crippen MR) is 77.5 cm³/mol. The highest BCUT2D eigenvalue weighted by Gasteiger charge is 2.22. The first-order valence-electron chi connectivity index (χ1n) is 6.91. The highest BCUT2D eigenvalue weighted by molar-refractivity contribution is 8.00. The van der Waals surface area contributed by atoms with Crippen LogP contribution >= 0.6 is 11.8 Å². The number of ether oxygens (including phenoxy) is 1. The molecule has 0 amide bonds. The van der Waals surface area contributed by atoms with Crippen molar-refractivity contribution in [2.75, 3.05) is 13.2 Å². The van der Waals surface area contributed by atoms with Crippen molar-refractivity contribution in [2.24, 2.45) is 0 Å². The number of esters is 1. The standard InChI is InChI=1S/C12H23N5O2S/c1-5-10(11(18)19-6-2)20-12-14-15-16-17(12)8-7-13-9(3)4/h9-10,13H,5-8H2,1-4H3. The normalized spacial score (nSPS) is 12.7. The molecule has 1 atom stereocenters. The number of rotatable bonds is 9. The molecule has 20 heavy (non-hydrogen) atoms. The molecule has 0 radical (unpaired) electrons. The van der Waals surface area contributed by atoms with Crippen LogP contribution in [0.2, 0.25) is 0 Å². The lowest BCUT2D eigenvalue weighted by Crippen LogP contribution is -2.27. The van der Waals surface area contributed by atoms with Crippen molar-refractivity contribution in [1.82, 2.24) is 25.5 Å². The largest absolute Gasteiger partial charge is 0.465 e. The third kappa shape index (κ3) is 5.46. The first kappa shape index (κ1) is 16.9. The molecule has 1 aromatic rings. The summed E-state index contributed by atoms with van der Waals surface area (Å²) in [5.41, 5.74) is 0. The van der Waals surface area contributed by atoms with Crippen molar-refractivity contribution < 1.29 is 9.53 Å². The topological polar surface area (TPSA) is 81.9 Å². The summed E-state index contributed by atoms with van der Waals surface area (Å²) in [4.78, 5) is 11.8. The predicted octanol–water partition coefficient (Wildman–Crippen LogP) is 1.10. The van der Waals surface area contributed by atoms with Gasteiger partial charge in [0.1, 0.15) is 5.25 Å². The maximum atomic E-state index is 11.8. The van der Waals surface area contributed by atoms with Gasteiger partial charge in [0.25, 0.3) is 0 Å². The van der Waals surface area contributed by atoms with Gasteiger partial charge in [-0.25, -0.2) is 4.68 Å². The minimum Gasteiger partial charge on any atom is -0.465 e. The summed E-state index contributed by atoms with van der Waals surface area (Å²) in [6, 6.07) is 0.422. The molecule has 1 heterocycles. The Kier molecular flexibility index (Phi) is 7.53. The van der Waals surface area contributed by atoms with Crippen LogP contribution in [0.3, 0.4) is 0 Å². The van der Waals surface area contributed by atoms with Gasteiger partial charge in [0.15, 0.2) is 0 Å². The molecular weight excluding hydrogens is 278 g/mol. The zero-order chi connectivity index (χ0) is 15.0. The van der Waals surface area contributed by atoms with Crippen LogP contribution in [-0.4, -0.2) is 50.6 Å². The molecule has 0 saturated heterocycles. The fraction of sp³-hybridized carbons (Fsp3) is 0.833. The molecule has 114 valence electrons. The number of tetrazole rings is 1. The monoisotopic (exact) mass is 301 g/mol. The van der Waals surface area contributed by atoms with Crippen LogP contribution < -0.4 is 5.32 Å². The Labute approximate surface area is 123 Å². The van der Waals surface area contributed by atoms with E-state index in [1.807, 2.05) is 6.92 Å². The Morgan fingerprint density at radius 3 is 2.80 bits per heavy atom. The van der Waals surface area contributed by atoms with Crippen molar-refractivity contribution >= 4 is 17.7 Å². The maximum absolute atomic E-state index is 11.8. The minimum atomic E-state index is -0.266. The molecular formula is C12H23N5O2S. The van der Waals surface area contributed by atoms with Crippen molar-refractivity contribution in [3.63, 3.8) is 0 Å². The third-order valence-electron chi connectivity index (χ3n) is 2.54. The van der Waals surface area contributed by atoms with E-state index in [9.17, 15) is 4.79 Å². The van der Waals surface area contributed by atoms with Gasteiger partial charge in [-0.15, -0.1) is 5.10 Å². The number of aromatic nitrogens is 4. The van der Waals surface area contributed by atoms with Gasteiger partial charge < -0.3 is 10.1 Å². The lowest BCUT2D eigenvalue weighted by atomic mass is 10.3. The lowest BCUT2D eigenvalue weighted by molar-refractivity contribution is -0.142. The van der Waals surface area contributed by atoms with Gasteiger partial charge in [0.05, 0.1) is 13.2 Å². The number of nitrogens with zero attached hydrogens (tertiary/aromatic N) is 4. The SMILES string of the molecule is CCOC(=O)C(CC)Sc1nnnn1CCNC(C)C. The van der Waals surface area contributed by atoms with Gasteiger partial charge in [-0.2, -0.15) is 0 Å². The van der Waals surface area contributed by atoms with Crippen molar-refractivity contribution in [3.05, 3.63) is 0 Å². The van der Waals surface area contributed by atoms with Gasteiger partial charge in [0, 0.05) is 12.6 Å². The smallest absolute Gasteiger partial charge is 0.319 e. The Hall–Kier alpha value is -1.15. The summed E-state index contributed by atoms with van der Waals surface area (Å²) >= 11 is 1.35. The first-order chi connectivity index (χ1) is 9.58. The van der Waals surface area contributed by atoms with Crippen LogP contribution in [0.5, 0.6) is 0 Å². The molecule has 8 heteroatoms. The van der Waals surface area contributed by atoms with Crippen molar-refractivity contribution in [2.45, 2.75) is 57.1 Å². The van der Waals surface area contributed by atoms with E-state index in [1.54, 1.807) is 11.6 Å². The number of carbonyl (C=O) groups excluding carboxylic acids is 1. The summed E-state index contributed by atoms with van der Waals surface area (Å²) in [6.07, 6.45) is 0.681. The van der Waals surface area contributed by atoms with E-state index >= 15 is 0 Å². The zero-order valence-corrected chi connectivity index (χ0v) is 13.3.